The fourth-order valence-electron chi connectivity index (χ4n) is 1.91. The zero-order valence-corrected chi connectivity index (χ0v) is 12.1. The summed E-state index contributed by atoms with van der Waals surface area (Å²) in [4.78, 5) is 2.25. The molecule has 1 aromatic rings. The molecule has 0 radical (unpaired) electrons. The second-order valence-corrected chi connectivity index (χ2v) is 4.67. The van der Waals surface area contributed by atoms with E-state index in [1.165, 1.54) is 11.1 Å². The van der Waals surface area contributed by atoms with E-state index in [1.54, 1.807) is 7.11 Å². The minimum Gasteiger partial charge on any atom is -0.385 e. The number of hydrogen-bond donors (Lipinski definition) is 1. The number of ether oxygens (including phenoxy) is 2. The van der Waals surface area contributed by atoms with Crippen LogP contribution in [-0.4, -0.2) is 45.4 Å². The number of benzene rings is 1. The van der Waals surface area contributed by atoms with Crippen LogP contribution in [0.2, 0.25) is 0 Å². The van der Waals surface area contributed by atoms with E-state index in [4.69, 9.17) is 15.2 Å². The molecule has 0 aromatic heterocycles. The van der Waals surface area contributed by atoms with Crippen LogP contribution in [0, 0.1) is 0 Å². The highest BCUT2D eigenvalue weighted by molar-refractivity contribution is 5.26. The lowest BCUT2D eigenvalue weighted by Crippen LogP contribution is -2.24. The maximum absolute atomic E-state index is 5.74. The normalized spacial score (nSPS) is 11.2. The highest BCUT2D eigenvalue weighted by Crippen LogP contribution is 2.10. The first-order valence-electron chi connectivity index (χ1n) is 6.80. The molecule has 0 fully saturated rings. The molecular formula is C15H26N2O2. The van der Waals surface area contributed by atoms with Crippen molar-refractivity contribution in [1.82, 2.24) is 4.90 Å². The Morgan fingerprint density at radius 2 is 1.84 bits per heavy atom. The molecule has 0 bridgehead atoms. The van der Waals surface area contributed by atoms with Crippen LogP contribution in [0.4, 0.5) is 0 Å². The Morgan fingerprint density at radius 3 is 2.53 bits per heavy atom. The summed E-state index contributed by atoms with van der Waals surface area (Å²) in [6.45, 7) is 4.71. The fraction of sp³-hybridized carbons (Fsp3) is 0.600. The van der Waals surface area contributed by atoms with E-state index in [0.717, 1.165) is 39.3 Å². The minimum atomic E-state index is 0.595. The van der Waals surface area contributed by atoms with Crippen LogP contribution in [0.15, 0.2) is 24.3 Å². The SMILES string of the molecule is COCCCOCCN(C)Cc1ccccc1CN. The molecule has 0 heterocycles. The lowest BCUT2D eigenvalue weighted by molar-refractivity contribution is 0.0876. The average molecular weight is 266 g/mol. The Balaban J connectivity index is 2.21. The molecular weight excluding hydrogens is 240 g/mol. The maximum Gasteiger partial charge on any atom is 0.0593 e. The number of rotatable bonds is 10. The Bertz CT molecular complexity index is 345. The van der Waals surface area contributed by atoms with Crippen LogP contribution in [0.1, 0.15) is 17.5 Å². The molecule has 0 saturated heterocycles. The monoisotopic (exact) mass is 266 g/mol. The highest BCUT2D eigenvalue weighted by Gasteiger charge is 2.04. The molecule has 108 valence electrons. The van der Waals surface area contributed by atoms with E-state index in [1.807, 2.05) is 6.07 Å². The molecule has 0 aliphatic heterocycles. The fourth-order valence-corrected chi connectivity index (χ4v) is 1.91. The molecule has 2 N–H and O–H groups in total. The van der Waals surface area contributed by atoms with Crippen molar-refractivity contribution in [3.05, 3.63) is 35.4 Å². The van der Waals surface area contributed by atoms with Crippen LogP contribution in [0.3, 0.4) is 0 Å². The van der Waals surface area contributed by atoms with E-state index in [-0.39, 0.29) is 0 Å². The summed E-state index contributed by atoms with van der Waals surface area (Å²) in [5, 5.41) is 0. The summed E-state index contributed by atoms with van der Waals surface area (Å²) in [5.74, 6) is 0. The topological polar surface area (TPSA) is 47.7 Å². The maximum atomic E-state index is 5.74. The van der Waals surface area contributed by atoms with E-state index in [0.29, 0.717) is 6.54 Å². The summed E-state index contributed by atoms with van der Waals surface area (Å²) in [7, 11) is 3.81. The zero-order valence-electron chi connectivity index (χ0n) is 12.1. The van der Waals surface area contributed by atoms with Crippen molar-refractivity contribution in [1.29, 1.82) is 0 Å². The van der Waals surface area contributed by atoms with Crippen LogP contribution in [-0.2, 0) is 22.6 Å². The molecule has 0 aliphatic carbocycles. The molecule has 19 heavy (non-hydrogen) atoms. The smallest absolute Gasteiger partial charge is 0.0593 e. The lowest BCUT2D eigenvalue weighted by Gasteiger charge is -2.18. The van der Waals surface area contributed by atoms with Crippen molar-refractivity contribution < 1.29 is 9.47 Å². The Kier molecular flexibility index (Phi) is 8.41. The van der Waals surface area contributed by atoms with E-state index in [2.05, 4.69) is 30.1 Å². The number of hydrogen-bond acceptors (Lipinski definition) is 4. The number of nitrogens with two attached hydrogens (primary N) is 1. The first-order valence-corrected chi connectivity index (χ1v) is 6.80. The van der Waals surface area contributed by atoms with Gasteiger partial charge in [-0.1, -0.05) is 24.3 Å². The minimum absolute atomic E-state index is 0.595. The molecule has 0 aliphatic rings. The molecule has 0 saturated carbocycles. The molecule has 0 spiro atoms. The van der Waals surface area contributed by atoms with Gasteiger partial charge >= 0.3 is 0 Å². The third kappa shape index (κ3) is 6.68. The number of likely N-dealkylation sites (N-methyl/N-ethyl adjacent to an activating group) is 1. The van der Waals surface area contributed by atoms with Crippen molar-refractivity contribution in [2.75, 3.05) is 40.5 Å². The Hall–Kier alpha value is -0.940. The van der Waals surface area contributed by atoms with Gasteiger partial charge in [0.2, 0.25) is 0 Å². The van der Waals surface area contributed by atoms with Crippen molar-refractivity contribution in [2.24, 2.45) is 5.73 Å². The largest absolute Gasteiger partial charge is 0.385 e. The summed E-state index contributed by atoms with van der Waals surface area (Å²) in [5.41, 5.74) is 8.26. The molecule has 0 amide bonds. The summed E-state index contributed by atoms with van der Waals surface area (Å²) >= 11 is 0. The average Bonchev–Trinajstić information content (AvgIpc) is 2.43. The van der Waals surface area contributed by atoms with E-state index < -0.39 is 0 Å². The van der Waals surface area contributed by atoms with Crippen LogP contribution in [0.5, 0.6) is 0 Å². The quantitative estimate of drug-likeness (QED) is 0.654. The molecule has 4 heteroatoms. The van der Waals surface area contributed by atoms with Gasteiger partial charge in [0, 0.05) is 40.0 Å². The van der Waals surface area contributed by atoms with Crippen molar-refractivity contribution in [2.45, 2.75) is 19.5 Å². The van der Waals surface area contributed by atoms with Gasteiger partial charge in [0.05, 0.1) is 6.61 Å². The first kappa shape index (κ1) is 16.1. The van der Waals surface area contributed by atoms with Gasteiger partial charge < -0.3 is 15.2 Å². The Labute approximate surface area is 116 Å². The standard InChI is InChI=1S/C15H26N2O2/c1-17(8-11-19-10-5-9-18-2)13-15-7-4-3-6-14(15)12-16/h3-4,6-7H,5,8-13,16H2,1-2H3. The zero-order chi connectivity index (χ0) is 13.9. The molecule has 1 aromatic carbocycles. The van der Waals surface area contributed by atoms with Crippen molar-refractivity contribution in [3.63, 3.8) is 0 Å². The van der Waals surface area contributed by atoms with Gasteiger partial charge in [-0.05, 0) is 24.6 Å². The van der Waals surface area contributed by atoms with Gasteiger partial charge in [0.15, 0.2) is 0 Å². The number of methoxy groups -OCH3 is 1. The van der Waals surface area contributed by atoms with Gasteiger partial charge in [-0.3, -0.25) is 4.90 Å². The van der Waals surface area contributed by atoms with Crippen molar-refractivity contribution >= 4 is 0 Å². The summed E-state index contributed by atoms with van der Waals surface area (Å²) < 4.78 is 10.5. The van der Waals surface area contributed by atoms with Crippen LogP contribution in [0.25, 0.3) is 0 Å². The molecule has 0 unspecified atom stereocenters. The van der Waals surface area contributed by atoms with E-state index in [9.17, 15) is 0 Å². The summed E-state index contributed by atoms with van der Waals surface area (Å²) in [6, 6.07) is 8.32. The lowest BCUT2D eigenvalue weighted by atomic mass is 10.1. The van der Waals surface area contributed by atoms with Gasteiger partial charge in [-0.25, -0.2) is 0 Å². The highest BCUT2D eigenvalue weighted by atomic mass is 16.5. The third-order valence-electron chi connectivity index (χ3n) is 3.03. The molecule has 1 rings (SSSR count). The van der Waals surface area contributed by atoms with Gasteiger partial charge in [0.25, 0.3) is 0 Å². The third-order valence-corrected chi connectivity index (χ3v) is 3.03. The van der Waals surface area contributed by atoms with Gasteiger partial charge in [-0.15, -0.1) is 0 Å². The first-order chi connectivity index (χ1) is 9.27. The van der Waals surface area contributed by atoms with Gasteiger partial charge in [-0.2, -0.15) is 0 Å². The number of nitrogens with zero attached hydrogens (tertiary/aromatic N) is 1. The second kappa shape index (κ2) is 9.92. The van der Waals surface area contributed by atoms with Gasteiger partial charge in [0.1, 0.15) is 0 Å². The second-order valence-electron chi connectivity index (χ2n) is 4.67. The predicted octanol–water partition coefficient (Wildman–Crippen LogP) is 1.63. The Morgan fingerprint density at radius 1 is 1.11 bits per heavy atom. The van der Waals surface area contributed by atoms with E-state index >= 15 is 0 Å². The molecule has 0 atom stereocenters. The predicted molar refractivity (Wildman–Crippen MR) is 78.0 cm³/mol. The van der Waals surface area contributed by atoms with Crippen molar-refractivity contribution in [3.8, 4) is 0 Å². The molecule has 4 nitrogen and oxygen atoms in total. The van der Waals surface area contributed by atoms with Crippen LogP contribution < -0.4 is 5.73 Å². The van der Waals surface area contributed by atoms with Crippen LogP contribution >= 0.6 is 0 Å². The summed E-state index contributed by atoms with van der Waals surface area (Å²) in [6.07, 6.45) is 0.955.